The van der Waals surface area contributed by atoms with Gasteiger partial charge in [-0.15, -0.1) is 0 Å². The van der Waals surface area contributed by atoms with Crippen LogP contribution in [0, 0.1) is 12.8 Å². The maximum absolute atomic E-state index is 12.2. The van der Waals surface area contributed by atoms with Crippen molar-refractivity contribution in [2.45, 2.75) is 38.7 Å². The van der Waals surface area contributed by atoms with Crippen LogP contribution in [0.3, 0.4) is 0 Å². The Labute approximate surface area is 124 Å². The van der Waals surface area contributed by atoms with E-state index in [1.165, 1.54) is 0 Å². The van der Waals surface area contributed by atoms with Crippen LogP contribution < -0.4 is 5.32 Å². The van der Waals surface area contributed by atoms with E-state index in [9.17, 15) is 9.90 Å². The Morgan fingerprint density at radius 2 is 2.14 bits per heavy atom. The molecule has 0 spiro atoms. The summed E-state index contributed by atoms with van der Waals surface area (Å²) in [6.45, 7) is 2.52. The number of amides is 1. The Kier molecular flexibility index (Phi) is 3.97. The molecule has 0 radical (unpaired) electrons. The van der Waals surface area contributed by atoms with Crippen LogP contribution >= 0.6 is 0 Å². The van der Waals surface area contributed by atoms with E-state index in [0.29, 0.717) is 12.3 Å². The Morgan fingerprint density at radius 3 is 2.95 bits per heavy atom. The molecule has 1 aromatic carbocycles. The fraction of sp³-hybridized carbons (Fsp3) is 0.471. The smallest absolute Gasteiger partial charge is 0.287 e. The van der Waals surface area contributed by atoms with Crippen molar-refractivity contribution in [1.29, 1.82) is 0 Å². The lowest BCUT2D eigenvalue weighted by Crippen LogP contribution is -2.36. The zero-order chi connectivity index (χ0) is 14.8. The molecule has 1 saturated carbocycles. The highest BCUT2D eigenvalue weighted by atomic mass is 16.3. The van der Waals surface area contributed by atoms with Gasteiger partial charge in [0.1, 0.15) is 5.58 Å². The minimum Gasteiger partial charge on any atom is -0.451 e. The summed E-state index contributed by atoms with van der Waals surface area (Å²) >= 11 is 0. The fourth-order valence-corrected chi connectivity index (χ4v) is 3.01. The molecule has 1 heterocycles. The topological polar surface area (TPSA) is 62.5 Å². The van der Waals surface area contributed by atoms with Gasteiger partial charge in [-0.1, -0.05) is 24.5 Å². The zero-order valence-electron chi connectivity index (χ0n) is 12.3. The number of carbonyl (C=O) groups excluding carboxylic acids is 1. The third kappa shape index (κ3) is 3.10. The molecule has 2 aromatic rings. The van der Waals surface area contributed by atoms with Crippen LogP contribution in [0.15, 0.2) is 28.7 Å². The molecule has 4 heteroatoms. The van der Waals surface area contributed by atoms with E-state index in [1.54, 1.807) is 6.07 Å². The number of rotatable bonds is 3. The standard InChI is InChI=1S/C17H21NO3/c1-11-6-7-15-13(8-11)9-16(21-15)17(20)18-10-12-4-2-3-5-14(12)19/h6-9,12,14,19H,2-5,10H2,1H3,(H,18,20). The first-order chi connectivity index (χ1) is 10.1. The van der Waals surface area contributed by atoms with Gasteiger partial charge < -0.3 is 14.8 Å². The molecular weight excluding hydrogens is 266 g/mol. The second kappa shape index (κ2) is 5.90. The molecule has 2 unspecified atom stereocenters. The summed E-state index contributed by atoms with van der Waals surface area (Å²) in [7, 11) is 0. The monoisotopic (exact) mass is 287 g/mol. The Morgan fingerprint density at radius 1 is 1.33 bits per heavy atom. The van der Waals surface area contributed by atoms with Gasteiger partial charge in [0.25, 0.3) is 5.91 Å². The third-order valence-corrected chi connectivity index (χ3v) is 4.29. The van der Waals surface area contributed by atoms with Gasteiger partial charge in [0.05, 0.1) is 6.10 Å². The van der Waals surface area contributed by atoms with E-state index in [0.717, 1.165) is 42.2 Å². The maximum Gasteiger partial charge on any atom is 0.287 e. The van der Waals surface area contributed by atoms with E-state index < -0.39 is 0 Å². The molecule has 1 fully saturated rings. The van der Waals surface area contributed by atoms with Gasteiger partial charge in [0, 0.05) is 17.8 Å². The molecule has 112 valence electrons. The normalized spacial score (nSPS) is 22.4. The predicted molar refractivity (Wildman–Crippen MR) is 81.2 cm³/mol. The second-order valence-electron chi connectivity index (χ2n) is 5.97. The Balaban J connectivity index is 1.66. The highest BCUT2D eigenvalue weighted by molar-refractivity contribution is 5.96. The van der Waals surface area contributed by atoms with Crippen LogP contribution in [-0.4, -0.2) is 23.7 Å². The first-order valence-electron chi connectivity index (χ1n) is 7.60. The minimum absolute atomic E-state index is 0.161. The highest BCUT2D eigenvalue weighted by Crippen LogP contribution is 2.24. The van der Waals surface area contributed by atoms with Crippen LogP contribution in [0.4, 0.5) is 0 Å². The van der Waals surface area contributed by atoms with Crippen molar-refractivity contribution in [3.63, 3.8) is 0 Å². The molecule has 1 aliphatic carbocycles. The summed E-state index contributed by atoms with van der Waals surface area (Å²) in [4.78, 5) is 12.2. The molecule has 0 bridgehead atoms. The van der Waals surface area contributed by atoms with Gasteiger partial charge in [-0.25, -0.2) is 0 Å². The van der Waals surface area contributed by atoms with E-state index in [1.807, 2.05) is 25.1 Å². The average molecular weight is 287 g/mol. The first kappa shape index (κ1) is 14.1. The minimum atomic E-state index is -0.294. The number of aryl methyl sites for hydroxylation is 1. The van der Waals surface area contributed by atoms with Crippen molar-refractivity contribution < 1.29 is 14.3 Å². The molecule has 1 aromatic heterocycles. The summed E-state index contributed by atoms with van der Waals surface area (Å²) in [5.41, 5.74) is 1.86. The lowest BCUT2D eigenvalue weighted by atomic mass is 9.86. The molecule has 0 saturated heterocycles. The molecule has 2 N–H and O–H groups in total. The number of aliphatic hydroxyl groups excluding tert-OH is 1. The first-order valence-corrected chi connectivity index (χ1v) is 7.60. The van der Waals surface area contributed by atoms with Gasteiger partial charge in [-0.3, -0.25) is 4.79 Å². The van der Waals surface area contributed by atoms with Crippen molar-refractivity contribution in [3.05, 3.63) is 35.6 Å². The number of hydrogen-bond donors (Lipinski definition) is 2. The average Bonchev–Trinajstić information content (AvgIpc) is 2.89. The van der Waals surface area contributed by atoms with E-state index in [-0.39, 0.29) is 17.9 Å². The third-order valence-electron chi connectivity index (χ3n) is 4.29. The lowest BCUT2D eigenvalue weighted by Gasteiger charge is -2.27. The summed E-state index contributed by atoms with van der Waals surface area (Å²) in [6, 6.07) is 7.62. The number of fused-ring (bicyclic) bond motifs is 1. The zero-order valence-corrected chi connectivity index (χ0v) is 12.3. The van der Waals surface area contributed by atoms with Crippen molar-refractivity contribution in [2.24, 2.45) is 5.92 Å². The molecule has 21 heavy (non-hydrogen) atoms. The summed E-state index contributed by atoms with van der Waals surface area (Å²) < 4.78 is 5.58. The Bertz CT molecular complexity index is 647. The molecule has 3 rings (SSSR count). The fourth-order valence-electron chi connectivity index (χ4n) is 3.01. The van der Waals surface area contributed by atoms with Crippen molar-refractivity contribution in [1.82, 2.24) is 5.32 Å². The van der Waals surface area contributed by atoms with E-state index in [2.05, 4.69) is 5.32 Å². The van der Waals surface area contributed by atoms with E-state index >= 15 is 0 Å². The lowest BCUT2D eigenvalue weighted by molar-refractivity contribution is 0.0656. The largest absolute Gasteiger partial charge is 0.451 e. The molecule has 0 aliphatic heterocycles. The van der Waals surface area contributed by atoms with Gasteiger partial charge >= 0.3 is 0 Å². The number of aliphatic hydroxyl groups is 1. The second-order valence-corrected chi connectivity index (χ2v) is 5.97. The van der Waals surface area contributed by atoms with E-state index in [4.69, 9.17) is 4.42 Å². The Hall–Kier alpha value is -1.81. The van der Waals surface area contributed by atoms with Gasteiger partial charge in [0.2, 0.25) is 0 Å². The predicted octanol–water partition coefficient (Wildman–Crippen LogP) is 3.02. The summed E-state index contributed by atoms with van der Waals surface area (Å²) in [5, 5.41) is 13.7. The summed E-state index contributed by atoms with van der Waals surface area (Å²) in [6.07, 6.45) is 3.72. The molecule has 1 aliphatic rings. The number of hydrogen-bond acceptors (Lipinski definition) is 3. The van der Waals surface area contributed by atoms with Crippen LogP contribution in [-0.2, 0) is 0 Å². The SMILES string of the molecule is Cc1ccc2oc(C(=O)NCC3CCCCC3O)cc2c1. The van der Waals surface area contributed by atoms with Gasteiger partial charge in [-0.2, -0.15) is 0 Å². The van der Waals surface area contributed by atoms with Gasteiger partial charge in [-0.05, 0) is 38.0 Å². The molecule has 2 atom stereocenters. The highest BCUT2D eigenvalue weighted by Gasteiger charge is 2.24. The van der Waals surface area contributed by atoms with Crippen LogP contribution in [0.5, 0.6) is 0 Å². The molecule has 1 amide bonds. The van der Waals surface area contributed by atoms with Crippen molar-refractivity contribution in [3.8, 4) is 0 Å². The maximum atomic E-state index is 12.2. The number of furan rings is 1. The molecule has 4 nitrogen and oxygen atoms in total. The van der Waals surface area contributed by atoms with Crippen LogP contribution in [0.2, 0.25) is 0 Å². The van der Waals surface area contributed by atoms with Crippen LogP contribution in [0.25, 0.3) is 11.0 Å². The number of nitrogens with one attached hydrogen (secondary N) is 1. The van der Waals surface area contributed by atoms with Crippen LogP contribution in [0.1, 0.15) is 41.8 Å². The quantitative estimate of drug-likeness (QED) is 0.912. The van der Waals surface area contributed by atoms with Crippen molar-refractivity contribution >= 4 is 16.9 Å². The van der Waals surface area contributed by atoms with Gasteiger partial charge in [0.15, 0.2) is 5.76 Å². The number of benzene rings is 1. The summed E-state index contributed by atoms with van der Waals surface area (Å²) in [5.74, 6) is 0.289. The number of carbonyl (C=O) groups is 1. The van der Waals surface area contributed by atoms with Crippen molar-refractivity contribution in [2.75, 3.05) is 6.54 Å². The molecular formula is C17H21NO3.